The second-order valence-corrected chi connectivity index (χ2v) is 2.67. The van der Waals surface area contributed by atoms with Crippen LogP contribution in [-0.2, 0) is 0 Å². The maximum Gasteiger partial charge on any atom is 0.0443 e. The van der Waals surface area contributed by atoms with Crippen molar-refractivity contribution < 1.29 is 5.11 Å². The number of hydrogen-bond acceptors (Lipinski definition) is 3. The van der Waals surface area contributed by atoms with Crippen molar-refractivity contribution in [1.82, 2.24) is 10.2 Å². The Morgan fingerprint density at radius 1 is 1.25 bits per heavy atom. The summed E-state index contributed by atoms with van der Waals surface area (Å²) in [6, 6.07) is 0. The Morgan fingerprint density at radius 2 is 1.83 bits per heavy atom. The SMILES string of the molecule is CC.OCCCN1CCNCC1. The van der Waals surface area contributed by atoms with E-state index in [2.05, 4.69) is 10.2 Å². The summed E-state index contributed by atoms with van der Waals surface area (Å²) in [5, 5.41) is 11.8. The van der Waals surface area contributed by atoms with Gasteiger partial charge in [0.1, 0.15) is 0 Å². The zero-order valence-corrected chi connectivity index (χ0v) is 8.34. The molecular formula is C9H22N2O. The van der Waals surface area contributed by atoms with Crippen molar-refractivity contribution in [3.8, 4) is 0 Å². The van der Waals surface area contributed by atoms with E-state index in [4.69, 9.17) is 5.11 Å². The van der Waals surface area contributed by atoms with Gasteiger partial charge in [0.15, 0.2) is 0 Å². The van der Waals surface area contributed by atoms with E-state index < -0.39 is 0 Å². The summed E-state index contributed by atoms with van der Waals surface area (Å²) >= 11 is 0. The Kier molecular flexibility index (Phi) is 8.88. The van der Waals surface area contributed by atoms with E-state index in [-0.39, 0.29) is 0 Å². The summed E-state index contributed by atoms with van der Waals surface area (Å²) < 4.78 is 0. The van der Waals surface area contributed by atoms with Gasteiger partial charge in [-0.15, -0.1) is 0 Å². The monoisotopic (exact) mass is 174 g/mol. The molecular weight excluding hydrogens is 152 g/mol. The molecule has 1 heterocycles. The smallest absolute Gasteiger partial charge is 0.0443 e. The molecule has 2 N–H and O–H groups in total. The highest BCUT2D eigenvalue weighted by atomic mass is 16.3. The van der Waals surface area contributed by atoms with Crippen LogP contribution < -0.4 is 5.32 Å². The second kappa shape index (κ2) is 8.97. The van der Waals surface area contributed by atoms with Crippen LogP contribution in [-0.4, -0.2) is 49.3 Å². The number of nitrogens with one attached hydrogen (secondary N) is 1. The topological polar surface area (TPSA) is 35.5 Å². The van der Waals surface area contributed by atoms with Gasteiger partial charge < -0.3 is 15.3 Å². The van der Waals surface area contributed by atoms with Gasteiger partial charge >= 0.3 is 0 Å². The van der Waals surface area contributed by atoms with E-state index in [1.807, 2.05) is 13.8 Å². The molecule has 1 aliphatic heterocycles. The molecule has 0 aliphatic carbocycles. The fourth-order valence-corrected chi connectivity index (χ4v) is 1.23. The molecule has 0 aromatic heterocycles. The summed E-state index contributed by atoms with van der Waals surface area (Å²) in [5.74, 6) is 0. The van der Waals surface area contributed by atoms with Crippen molar-refractivity contribution in [3.63, 3.8) is 0 Å². The first kappa shape index (κ1) is 11.9. The Bertz CT molecular complexity index is 82.6. The van der Waals surface area contributed by atoms with Crippen LogP contribution in [0.1, 0.15) is 20.3 Å². The number of piperazine rings is 1. The largest absolute Gasteiger partial charge is 0.396 e. The highest BCUT2D eigenvalue weighted by molar-refractivity contribution is 4.66. The quantitative estimate of drug-likeness (QED) is 0.646. The molecule has 1 aliphatic rings. The fourth-order valence-electron chi connectivity index (χ4n) is 1.23. The van der Waals surface area contributed by atoms with E-state index in [1.165, 1.54) is 0 Å². The minimum Gasteiger partial charge on any atom is -0.396 e. The number of nitrogens with zero attached hydrogens (tertiary/aromatic N) is 1. The van der Waals surface area contributed by atoms with Crippen molar-refractivity contribution in [1.29, 1.82) is 0 Å². The predicted octanol–water partition coefficient (Wildman–Crippen LogP) is 0.300. The molecule has 3 heteroatoms. The molecule has 0 aromatic rings. The summed E-state index contributed by atoms with van der Waals surface area (Å²) in [5.41, 5.74) is 0. The van der Waals surface area contributed by atoms with Crippen LogP contribution in [0.2, 0.25) is 0 Å². The lowest BCUT2D eigenvalue weighted by molar-refractivity contribution is 0.206. The molecule has 0 atom stereocenters. The van der Waals surface area contributed by atoms with Crippen molar-refractivity contribution in [2.45, 2.75) is 20.3 Å². The Morgan fingerprint density at radius 3 is 2.33 bits per heavy atom. The summed E-state index contributed by atoms with van der Waals surface area (Å²) in [6.07, 6.45) is 0.917. The minimum absolute atomic E-state index is 0.323. The third kappa shape index (κ3) is 5.52. The van der Waals surface area contributed by atoms with Crippen LogP contribution in [0.3, 0.4) is 0 Å². The van der Waals surface area contributed by atoms with Crippen LogP contribution >= 0.6 is 0 Å². The Labute approximate surface area is 75.8 Å². The fraction of sp³-hybridized carbons (Fsp3) is 1.00. The molecule has 12 heavy (non-hydrogen) atoms. The molecule has 0 amide bonds. The molecule has 3 nitrogen and oxygen atoms in total. The summed E-state index contributed by atoms with van der Waals surface area (Å²) in [4.78, 5) is 2.38. The van der Waals surface area contributed by atoms with Crippen molar-refractivity contribution in [3.05, 3.63) is 0 Å². The molecule has 0 radical (unpaired) electrons. The molecule has 0 unspecified atom stereocenters. The molecule has 74 valence electrons. The maximum atomic E-state index is 8.55. The van der Waals surface area contributed by atoms with Gasteiger partial charge in [-0.05, 0) is 6.42 Å². The molecule has 0 saturated carbocycles. The van der Waals surface area contributed by atoms with E-state index in [9.17, 15) is 0 Å². The van der Waals surface area contributed by atoms with E-state index in [0.717, 1.165) is 39.1 Å². The van der Waals surface area contributed by atoms with Crippen LogP contribution in [0.25, 0.3) is 0 Å². The van der Waals surface area contributed by atoms with Gasteiger partial charge in [-0.25, -0.2) is 0 Å². The lowest BCUT2D eigenvalue weighted by Crippen LogP contribution is -2.43. The lowest BCUT2D eigenvalue weighted by Gasteiger charge is -2.26. The highest BCUT2D eigenvalue weighted by Gasteiger charge is 2.07. The third-order valence-electron chi connectivity index (χ3n) is 1.84. The summed E-state index contributed by atoms with van der Waals surface area (Å²) in [7, 11) is 0. The molecule has 0 bridgehead atoms. The number of aliphatic hydroxyl groups excluding tert-OH is 1. The second-order valence-electron chi connectivity index (χ2n) is 2.67. The van der Waals surface area contributed by atoms with Gasteiger partial charge in [0.25, 0.3) is 0 Å². The van der Waals surface area contributed by atoms with Gasteiger partial charge in [-0.3, -0.25) is 0 Å². The van der Waals surface area contributed by atoms with Crippen molar-refractivity contribution in [2.24, 2.45) is 0 Å². The van der Waals surface area contributed by atoms with Gasteiger partial charge in [0, 0.05) is 39.3 Å². The van der Waals surface area contributed by atoms with Crippen LogP contribution in [0.4, 0.5) is 0 Å². The minimum atomic E-state index is 0.323. The van der Waals surface area contributed by atoms with Gasteiger partial charge in [0.2, 0.25) is 0 Å². The van der Waals surface area contributed by atoms with Crippen LogP contribution in [0, 0.1) is 0 Å². The summed E-state index contributed by atoms with van der Waals surface area (Å²) in [6.45, 7) is 9.86. The first-order valence-electron chi connectivity index (χ1n) is 4.97. The van der Waals surface area contributed by atoms with E-state index in [0.29, 0.717) is 6.61 Å². The van der Waals surface area contributed by atoms with Crippen molar-refractivity contribution >= 4 is 0 Å². The average molecular weight is 174 g/mol. The molecule has 0 spiro atoms. The molecule has 1 rings (SSSR count). The van der Waals surface area contributed by atoms with Crippen LogP contribution in [0.15, 0.2) is 0 Å². The van der Waals surface area contributed by atoms with Gasteiger partial charge in [-0.2, -0.15) is 0 Å². The van der Waals surface area contributed by atoms with Crippen LogP contribution in [0.5, 0.6) is 0 Å². The normalized spacial score (nSPS) is 18.2. The average Bonchev–Trinajstić information content (AvgIpc) is 2.19. The Balaban J connectivity index is 0.000000561. The first-order valence-corrected chi connectivity index (χ1v) is 4.97. The van der Waals surface area contributed by atoms with E-state index in [1.54, 1.807) is 0 Å². The van der Waals surface area contributed by atoms with Gasteiger partial charge in [-0.1, -0.05) is 13.8 Å². The van der Waals surface area contributed by atoms with Gasteiger partial charge in [0.05, 0.1) is 0 Å². The van der Waals surface area contributed by atoms with Crippen molar-refractivity contribution in [2.75, 3.05) is 39.3 Å². The predicted molar refractivity (Wildman–Crippen MR) is 52.4 cm³/mol. The number of hydrogen-bond donors (Lipinski definition) is 2. The highest BCUT2D eigenvalue weighted by Crippen LogP contribution is 1.92. The standard InChI is InChI=1S/C7H16N2O.C2H6/c10-7-1-4-9-5-2-8-3-6-9;1-2/h8,10H,1-7H2;1-2H3. The molecule has 1 fully saturated rings. The molecule has 1 saturated heterocycles. The lowest BCUT2D eigenvalue weighted by atomic mass is 10.3. The third-order valence-corrected chi connectivity index (χ3v) is 1.84. The first-order chi connectivity index (χ1) is 5.93. The maximum absolute atomic E-state index is 8.55. The number of rotatable bonds is 3. The zero-order valence-electron chi connectivity index (χ0n) is 8.34. The zero-order chi connectivity index (χ0) is 9.23. The number of aliphatic hydroxyl groups is 1. The Hall–Kier alpha value is -0.120. The van der Waals surface area contributed by atoms with E-state index >= 15 is 0 Å². The molecule has 0 aromatic carbocycles.